The number of aryl methyl sites for hydroxylation is 1. The fourth-order valence-corrected chi connectivity index (χ4v) is 3.25. The number of fused-ring (bicyclic) bond motifs is 1. The number of aromatic nitrogens is 4. The van der Waals surface area contributed by atoms with E-state index in [1.54, 1.807) is 13.3 Å². The van der Waals surface area contributed by atoms with Crippen LogP contribution in [0.4, 0.5) is 0 Å². The Morgan fingerprint density at radius 1 is 1.08 bits per heavy atom. The summed E-state index contributed by atoms with van der Waals surface area (Å²) in [6.07, 6.45) is 10.2. The number of ether oxygens (including phenoxy) is 1. The summed E-state index contributed by atoms with van der Waals surface area (Å²) in [5.41, 5.74) is 5.37. The van der Waals surface area contributed by atoms with Gasteiger partial charge in [0.25, 0.3) is 0 Å². The molecule has 5 nitrogen and oxygen atoms in total. The van der Waals surface area contributed by atoms with Crippen molar-refractivity contribution >= 4 is 5.65 Å². The summed E-state index contributed by atoms with van der Waals surface area (Å²) in [6.45, 7) is 2.93. The minimum atomic E-state index is 0.692. The first kappa shape index (κ1) is 16.4. The van der Waals surface area contributed by atoms with Gasteiger partial charge in [0, 0.05) is 23.5 Å². The highest BCUT2D eigenvalue weighted by Gasteiger charge is 2.16. The Kier molecular flexibility index (Phi) is 4.44. The van der Waals surface area contributed by atoms with Gasteiger partial charge < -0.3 is 9.30 Å². The molecule has 0 amide bonds. The molecule has 5 heteroatoms. The van der Waals surface area contributed by atoms with Gasteiger partial charge in [0.05, 0.1) is 26.0 Å². The van der Waals surface area contributed by atoms with E-state index in [9.17, 15) is 0 Å². The number of hydrogen-bond acceptors (Lipinski definition) is 3. The molecule has 0 bridgehead atoms. The van der Waals surface area contributed by atoms with E-state index in [4.69, 9.17) is 9.84 Å². The van der Waals surface area contributed by atoms with Crippen LogP contribution in [0.15, 0.2) is 61.2 Å². The second-order valence-corrected chi connectivity index (χ2v) is 6.40. The highest BCUT2D eigenvalue weighted by Crippen LogP contribution is 2.27. The molecule has 0 saturated heterocycles. The maximum absolute atomic E-state index is 5.30. The van der Waals surface area contributed by atoms with Gasteiger partial charge >= 0.3 is 0 Å². The van der Waals surface area contributed by atoms with Crippen LogP contribution < -0.4 is 4.74 Å². The molecule has 0 aliphatic heterocycles. The highest BCUT2D eigenvalue weighted by atomic mass is 16.5. The monoisotopic (exact) mass is 346 g/mol. The molecule has 0 aliphatic rings. The highest BCUT2D eigenvalue weighted by molar-refractivity contribution is 5.70. The van der Waals surface area contributed by atoms with Crippen molar-refractivity contribution in [3.05, 3.63) is 72.3 Å². The summed E-state index contributed by atoms with van der Waals surface area (Å²) in [4.78, 5) is 4.60. The van der Waals surface area contributed by atoms with Gasteiger partial charge in [0.15, 0.2) is 11.4 Å². The van der Waals surface area contributed by atoms with Crippen LogP contribution >= 0.6 is 0 Å². The lowest BCUT2D eigenvalue weighted by Crippen LogP contribution is -1.99. The van der Waals surface area contributed by atoms with E-state index in [1.807, 2.05) is 28.9 Å². The Bertz CT molecular complexity index is 1020. The van der Waals surface area contributed by atoms with Crippen LogP contribution in [0.3, 0.4) is 0 Å². The molecule has 0 aliphatic carbocycles. The third-order valence-electron chi connectivity index (χ3n) is 4.52. The molecular formula is C21H22N4O. The number of rotatable bonds is 6. The maximum Gasteiger partial charge on any atom is 0.160 e. The molecule has 0 radical (unpaired) electrons. The van der Waals surface area contributed by atoms with E-state index in [0.717, 1.165) is 41.9 Å². The second-order valence-electron chi connectivity index (χ2n) is 6.40. The second kappa shape index (κ2) is 7.04. The van der Waals surface area contributed by atoms with Crippen LogP contribution in [-0.2, 0) is 13.0 Å². The van der Waals surface area contributed by atoms with Crippen molar-refractivity contribution in [3.8, 4) is 17.0 Å². The summed E-state index contributed by atoms with van der Waals surface area (Å²) >= 11 is 0. The Labute approximate surface area is 152 Å². The number of hydrogen-bond donors (Lipinski definition) is 0. The number of methoxy groups -OCH3 is 1. The zero-order chi connectivity index (χ0) is 17.9. The molecule has 4 aromatic rings. The third-order valence-corrected chi connectivity index (χ3v) is 4.52. The largest absolute Gasteiger partial charge is 0.494 e. The van der Waals surface area contributed by atoms with Gasteiger partial charge in [-0.1, -0.05) is 43.7 Å². The average molecular weight is 346 g/mol. The van der Waals surface area contributed by atoms with E-state index < -0.39 is 0 Å². The molecule has 0 atom stereocenters. The molecule has 4 rings (SSSR count). The van der Waals surface area contributed by atoms with Crippen LogP contribution in [0.5, 0.6) is 5.75 Å². The molecule has 0 N–H and O–H groups in total. The summed E-state index contributed by atoms with van der Waals surface area (Å²) < 4.78 is 9.32. The van der Waals surface area contributed by atoms with Gasteiger partial charge in [-0.05, 0) is 18.1 Å². The van der Waals surface area contributed by atoms with Crippen LogP contribution in [-0.4, -0.2) is 26.3 Å². The van der Waals surface area contributed by atoms with Crippen molar-refractivity contribution in [2.45, 2.75) is 26.3 Å². The first-order valence-electron chi connectivity index (χ1n) is 8.90. The summed E-state index contributed by atoms with van der Waals surface area (Å²) in [5.74, 6) is 0.692. The molecule has 1 aromatic carbocycles. The predicted octanol–water partition coefficient (Wildman–Crippen LogP) is 4.21. The van der Waals surface area contributed by atoms with Gasteiger partial charge in [-0.2, -0.15) is 5.10 Å². The van der Waals surface area contributed by atoms with Crippen LogP contribution in [0.1, 0.15) is 24.5 Å². The fraction of sp³-hybridized carbons (Fsp3) is 0.238. The molecule has 0 saturated carbocycles. The average Bonchev–Trinajstić information content (AvgIpc) is 3.27. The van der Waals surface area contributed by atoms with Crippen molar-refractivity contribution in [3.63, 3.8) is 0 Å². The standard InChI is InChI=1S/C21H22N4O/c1-3-7-16-10-11-24(13-16)15-19-20(17-8-5-4-6-9-17)23-25-14-18(26-2)12-22-21(19)25/h4-6,8-14H,3,7,15H2,1-2H3. The normalized spacial score (nSPS) is 11.2. The lowest BCUT2D eigenvalue weighted by molar-refractivity contribution is 0.409. The van der Waals surface area contributed by atoms with Crippen molar-refractivity contribution in [1.29, 1.82) is 0 Å². The Balaban J connectivity index is 1.82. The summed E-state index contributed by atoms with van der Waals surface area (Å²) in [6, 6.07) is 12.4. The van der Waals surface area contributed by atoms with Gasteiger partial charge in [-0.3, -0.25) is 0 Å². The molecule has 26 heavy (non-hydrogen) atoms. The van der Waals surface area contributed by atoms with Crippen LogP contribution in [0, 0.1) is 0 Å². The molecule has 0 unspecified atom stereocenters. The Morgan fingerprint density at radius 2 is 1.92 bits per heavy atom. The molecule has 3 heterocycles. The Morgan fingerprint density at radius 3 is 2.69 bits per heavy atom. The van der Waals surface area contributed by atoms with E-state index >= 15 is 0 Å². The molecule has 132 valence electrons. The van der Waals surface area contributed by atoms with Gasteiger partial charge in [-0.15, -0.1) is 0 Å². The van der Waals surface area contributed by atoms with Gasteiger partial charge in [-0.25, -0.2) is 9.50 Å². The van der Waals surface area contributed by atoms with Crippen molar-refractivity contribution in [2.24, 2.45) is 0 Å². The van der Waals surface area contributed by atoms with Crippen LogP contribution in [0.25, 0.3) is 16.9 Å². The van der Waals surface area contributed by atoms with Crippen LogP contribution in [0.2, 0.25) is 0 Å². The zero-order valence-corrected chi connectivity index (χ0v) is 15.1. The van der Waals surface area contributed by atoms with E-state index in [1.165, 1.54) is 5.56 Å². The third kappa shape index (κ3) is 3.08. The van der Waals surface area contributed by atoms with E-state index in [0.29, 0.717) is 5.75 Å². The Hall–Kier alpha value is -3.08. The minimum absolute atomic E-state index is 0.692. The van der Waals surface area contributed by atoms with Crippen molar-refractivity contribution in [1.82, 2.24) is 19.2 Å². The molecule has 0 spiro atoms. The van der Waals surface area contributed by atoms with Crippen molar-refractivity contribution in [2.75, 3.05) is 7.11 Å². The molecule has 0 fully saturated rings. The van der Waals surface area contributed by atoms with E-state index in [2.05, 4.69) is 47.1 Å². The van der Waals surface area contributed by atoms with Gasteiger partial charge in [0.2, 0.25) is 0 Å². The van der Waals surface area contributed by atoms with E-state index in [-0.39, 0.29) is 0 Å². The molecule has 3 aromatic heterocycles. The quantitative estimate of drug-likeness (QED) is 0.525. The first-order valence-corrected chi connectivity index (χ1v) is 8.90. The smallest absolute Gasteiger partial charge is 0.160 e. The topological polar surface area (TPSA) is 44.4 Å². The summed E-state index contributed by atoms with van der Waals surface area (Å²) in [5, 5.41) is 4.79. The fourth-order valence-electron chi connectivity index (χ4n) is 3.25. The lowest BCUT2D eigenvalue weighted by Gasteiger charge is -2.05. The van der Waals surface area contributed by atoms with Crippen molar-refractivity contribution < 1.29 is 4.74 Å². The minimum Gasteiger partial charge on any atom is -0.494 e. The summed E-state index contributed by atoms with van der Waals surface area (Å²) in [7, 11) is 1.64. The number of nitrogens with zero attached hydrogens (tertiary/aromatic N) is 4. The molecular weight excluding hydrogens is 324 g/mol. The SMILES string of the molecule is CCCc1ccn(Cc2c(-c3ccccc3)nn3cc(OC)cnc23)c1. The first-order chi connectivity index (χ1) is 12.8. The maximum atomic E-state index is 5.30. The predicted molar refractivity (Wildman–Crippen MR) is 103 cm³/mol. The van der Waals surface area contributed by atoms with Gasteiger partial charge in [0.1, 0.15) is 5.69 Å². The number of benzene rings is 1. The lowest BCUT2D eigenvalue weighted by atomic mass is 10.1. The zero-order valence-electron chi connectivity index (χ0n) is 15.1.